The summed E-state index contributed by atoms with van der Waals surface area (Å²) in [5, 5.41) is 2.15. The van der Waals surface area contributed by atoms with Crippen LogP contribution in [0.1, 0.15) is 17.3 Å². The van der Waals surface area contributed by atoms with E-state index in [4.69, 9.17) is 4.74 Å². The number of carbonyl (C=O) groups is 1. The molecule has 3 nitrogen and oxygen atoms in total. The molecular formula is C11H12BrF2NO2. The normalized spacial score (nSPS) is 11.1. The molecule has 0 aliphatic heterocycles. The average Bonchev–Trinajstić information content (AvgIpc) is 2.25. The van der Waals surface area contributed by atoms with Crippen LogP contribution in [0.25, 0.3) is 0 Å². The van der Waals surface area contributed by atoms with Crippen molar-refractivity contribution in [3.8, 4) is 5.75 Å². The molecule has 0 radical (unpaired) electrons. The summed E-state index contributed by atoms with van der Waals surface area (Å²) < 4.78 is 30.9. The molecule has 0 saturated carbocycles. The number of alkyl halides is 2. The summed E-state index contributed by atoms with van der Waals surface area (Å²) in [5.74, 6) is -3.19. The first kappa shape index (κ1) is 13.9. The van der Waals surface area contributed by atoms with E-state index in [1.807, 2.05) is 0 Å². The van der Waals surface area contributed by atoms with Crippen LogP contribution >= 0.6 is 15.9 Å². The van der Waals surface area contributed by atoms with E-state index in [9.17, 15) is 13.6 Å². The Morgan fingerprint density at radius 1 is 1.53 bits per heavy atom. The fourth-order valence-corrected chi connectivity index (χ4v) is 1.55. The largest absolute Gasteiger partial charge is 0.496 e. The van der Waals surface area contributed by atoms with E-state index < -0.39 is 18.4 Å². The Hall–Kier alpha value is -1.17. The molecule has 0 aliphatic carbocycles. The number of carbonyl (C=O) groups excluding carboxylic acids is 1. The molecule has 1 N–H and O–H groups in total. The van der Waals surface area contributed by atoms with Crippen molar-refractivity contribution in [2.24, 2.45) is 0 Å². The number of nitrogens with one attached hydrogen (secondary N) is 1. The van der Waals surface area contributed by atoms with E-state index in [-0.39, 0.29) is 5.56 Å². The molecule has 1 aromatic rings. The molecule has 0 fully saturated rings. The number of hydrogen-bond donors (Lipinski definition) is 1. The van der Waals surface area contributed by atoms with Gasteiger partial charge in [0.25, 0.3) is 11.8 Å². The molecule has 0 aromatic heterocycles. The van der Waals surface area contributed by atoms with Crippen LogP contribution in [0.2, 0.25) is 0 Å². The lowest BCUT2D eigenvalue weighted by Gasteiger charge is -2.13. The van der Waals surface area contributed by atoms with Gasteiger partial charge in [-0.2, -0.15) is 0 Å². The SMILES string of the molecule is COc1ccc(Br)cc1C(=O)NCC(C)(F)F. The number of hydrogen-bond acceptors (Lipinski definition) is 2. The fraction of sp³-hybridized carbons (Fsp3) is 0.364. The summed E-state index contributed by atoms with van der Waals surface area (Å²) in [6.45, 7) is 0.0346. The van der Waals surface area contributed by atoms with Crippen LogP contribution in [-0.2, 0) is 0 Å². The van der Waals surface area contributed by atoms with Gasteiger partial charge in [-0.25, -0.2) is 8.78 Å². The summed E-state index contributed by atoms with van der Waals surface area (Å²) in [5.41, 5.74) is 0.214. The standard InChI is InChI=1S/C11H12BrF2NO2/c1-11(13,14)6-15-10(16)8-5-7(12)3-4-9(8)17-2/h3-5H,6H2,1-2H3,(H,15,16). The average molecular weight is 308 g/mol. The molecule has 0 atom stereocenters. The second-order valence-corrected chi connectivity index (χ2v) is 4.51. The summed E-state index contributed by atoms with van der Waals surface area (Å²) in [7, 11) is 1.41. The summed E-state index contributed by atoms with van der Waals surface area (Å²) >= 11 is 3.20. The van der Waals surface area contributed by atoms with Crippen molar-refractivity contribution in [1.82, 2.24) is 5.32 Å². The Bertz CT molecular complexity index is 418. The van der Waals surface area contributed by atoms with E-state index in [1.165, 1.54) is 13.2 Å². The highest BCUT2D eigenvalue weighted by Gasteiger charge is 2.23. The summed E-state index contributed by atoms with van der Waals surface area (Å²) in [4.78, 5) is 11.7. The summed E-state index contributed by atoms with van der Waals surface area (Å²) in [6, 6.07) is 4.80. The Morgan fingerprint density at radius 2 is 2.18 bits per heavy atom. The van der Waals surface area contributed by atoms with Crippen LogP contribution in [0, 0.1) is 0 Å². The quantitative estimate of drug-likeness (QED) is 0.929. The van der Waals surface area contributed by atoms with Crippen molar-refractivity contribution in [3.63, 3.8) is 0 Å². The zero-order valence-electron chi connectivity index (χ0n) is 9.39. The van der Waals surface area contributed by atoms with Crippen molar-refractivity contribution >= 4 is 21.8 Å². The molecule has 0 saturated heterocycles. The van der Waals surface area contributed by atoms with Gasteiger partial charge >= 0.3 is 0 Å². The number of benzene rings is 1. The van der Waals surface area contributed by atoms with Crippen molar-refractivity contribution < 1.29 is 18.3 Å². The molecule has 1 rings (SSSR count). The molecule has 1 amide bonds. The Balaban J connectivity index is 2.84. The van der Waals surface area contributed by atoms with Crippen molar-refractivity contribution in [1.29, 1.82) is 0 Å². The number of rotatable bonds is 4. The Morgan fingerprint density at radius 3 is 2.71 bits per heavy atom. The van der Waals surface area contributed by atoms with E-state index >= 15 is 0 Å². The molecular weight excluding hydrogens is 296 g/mol. The highest BCUT2D eigenvalue weighted by atomic mass is 79.9. The fourth-order valence-electron chi connectivity index (χ4n) is 1.19. The lowest BCUT2D eigenvalue weighted by Crippen LogP contribution is -2.34. The second-order valence-electron chi connectivity index (χ2n) is 3.60. The van der Waals surface area contributed by atoms with Crippen LogP contribution in [0.4, 0.5) is 8.78 Å². The smallest absolute Gasteiger partial charge is 0.262 e. The zero-order chi connectivity index (χ0) is 13.1. The monoisotopic (exact) mass is 307 g/mol. The van der Waals surface area contributed by atoms with Crippen molar-refractivity contribution in [3.05, 3.63) is 28.2 Å². The third-order valence-corrected chi connectivity index (χ3v) is 2.46. The van der Waals surface area contributed by atoms with Crippen LogP contribution in [-0.4, -0.2) is 25.5 Å². The first-order valence-electron chi connectivity index (χ1n) is 4.83. The molecule has 0 aliphatic rings. The molecule has 1 aromatic carbocycles. The third kappa shape index (κ3) is 4.30. The number of ether oxygens (including phenoxy) is 1. The Kier molecular flexibility index (Phi) is 4.45. The van der Waals surface area contributed by atoms with Crippen LogP contribution in [0.15, 0.2) is 22.7 Å². The first-order chi connectivity index (χ1) is 7.83. The van der Waals surface area contributed by atoms with Gasteiger partial charge < -0.3 is 10.1 Å². The van der Waals surface area contributed by atoms with Crippen molar-refractivity contribution in [2.45, 2.75) is 12.8 Å². The predicted octanol–water partition coefficient (Wildman–Crippen LogP) is 2.84. The lowest BCUT2D eigenvalue weighted by molar-refractivity contribution is 0.0220. The van der Waals surface area contributed by atoms with E-state index in [2.05, 4.69) is 21.2 Å². The number of amides is 1. The maximum Gasteiger partial charge on any atom is 0.262 e. The molecule has 0 unspecified atom stereocenters. The molecule has 0 heterocycles. The minimum Gasteiger partial charge on any atom is -0.496 e. The summed E-state index contributed by atoms with van der Waals surface area (Å²) in [6.07, 6.45) is 0. The van der Waals surface area contributed by atoms with Gasteiger partial charge in [0, 0.05) is 11.4 Å². The lowest BCUT2D eigenvalue weighted by atomic mass is 10.2. The van der Waals surface area contributed by atoms with E-state index in [0.717, 1.165) is 6.92 Å². The zero-order valence-corrected chi connectivity index (χ0v) is 11.0. The minimum atomic E-state index is -2.94. The van der Waals surface area contributed by atoms with Gasteiger partial charge in [0.05, 0.1) is 19.2 Å². The van der Waals surface area contributed by atoms with Crippen LogP contribution in [0.3, 0.4) is 0 Å². The third-order valence-electron chi connectivity index (χ3n) is 1.97. The maximum absolute atomic E-state index is 12.6. The Labute approximate surface area is 106 Å². The van der Waals surface area contributed by atoms with Gasteiger partial charge in [-0.3, -0.25) is 4.79 Å². The first-order valence-corrected chi connectivity index (χ1v) is 5.62. The number of halogens is 3. The van der Waals surface area contributed by atoms with Gasteiger partial charge in [0.15, 0.2) is 0 Å². The van der Waals surface area contributed by atoms with Gasteiger partial charge in [-0.1, -0.05) is 15.9 Å². The highest BCUT2D eigenvalue weighted by Crippen LogP contribution is 2.23. The van der Waals surface area contributed by atoms with Crippen LogP contribution < -0.4 is 10.1 Å². The molecule has 0 spiro atoms. The molecule has 94 valence electrons. The van der Waals surface area contributed by atoms with E-state index in [0.29, 0.717) is 10.2 Å². The predicted molar refractivity (Wildman–Crippen MR) is 63.6 cm³/mol. The number of methoxy groups -OCH3 is 1. The molecule has 17 heavy (non-hydrogen) atoms. The van der Waals surface area contributed by atoms with Crippen LogP contribution in [0.5, 0.6) is 5.75 Å². The maximum atomic E-state index is 12.6. The minimum absolute atomic E-state index is 0.214. The van der Waals surface area contributed by atoms with Gasteiger partial charge in [0.2, 0.25) is 0 Å². The second kappa shape index (κ2) is 5.44. The van der Waals surface area contributed by atoms with E-state index in [1.54, 1.807) is 12.1 Å². The molecule has 0 bridgehead atoms. The molecule has 6 heteroatoms. The highest BCUT2D eigenvalue weighted by molar-refractivity contribution is 9.10. The van der Waals surface area contributed by atoms with Crippen molar-refractivity contribution in [2.75, 3.05) is 13.7 Å². The van der Waals surface area contributed by atoms with Gasteiger partial charge in [-0.15, -0.1) is 0 Å². The topological polar surface area (TPSA) is 38.3 Å². The van der Waals surface area contributed by atoms with Gasteiger partial charge in [-0.05, 0) is 18.2 Å². The van der Waals surface area contributed by atoms with Gasteiger partial charge in [0.1, 0.15) is 5.75 Å².